The van der Waals surface area contributed by atoms with Crippen LogP contribution in [0.5, 0.6) is 0 Å². The molecule has 0 saturated heterocycles. The molecule has 0 N–H and O–H groups in total. The van der Waals surface area contributed by atoms with Crippen LogP contribution in [0.15, 0.2) is 33.8 Å². The van der Waals surface area contributed by atoms with E-state index in [4.69, 9.17) is 4.52 Å². The smallest absolute Gasteiger partial charge is 0.338 e. The molecule has 0 spiro atoms. The van der Waals surface area contributed by atoms with Crippen LogP contribution in [0.2, 0.25) is 0 Å². The van der Waals surface area contributed by atoms with Gasteiger partial charge >= 0.3 is 6.18 Å². The molecule has 5 nitrogen and oxygen atoms in total. The van der Waals surface area contributed by atoms with Gasteiger partial charge in [-0.2, -0.15) is 18.2 Å². The van der Waals surface area contributed by atoms with Crippen LogP contribution in [-0.4, -0.2) is 20.1 Å². The summed E-state index contributed by atoms with van der Waals surface area (Å²) in [6.07, 6.45) is -2.51. The zero-order valence-corrected chi connectivity index (χ0v) is 13.9. The topological polar surface area (TPSA) is 64.7 Å². The van der Waals surface area contributed by atoms with Crippen LogP contribution in [0.25, 0.3) is 10.9 Å². The number of benzene rings is 1. The van der Waals surface area contributed by atoms with E-state index < -0.39 is 12.0 Å². The molecule has 0 bridgehead atoms. The van der Waals surface area contributed by atoms with Crippen LogP contribution in [0.4, 0.5) is 13.2 Å². The minimum atomic E-state index is -4.60. The van der Waals surface area contributed by atoms with Gasteiger partial charge in [0.15, 0.2) is 5.82 Å². The minimum Gasteiger partial charge on any atom is -0.338 e. The number of alkyl halides is 3. The third-order valence-electron chi connectivity index (χ3n) is 3.86. The lowest BCUT2D eigenvalue weighted by atomic mass is 10.2. The predicted molar refractivity (Wildman–Crippen MR) is 85.1 cm³/mol. The van der Waals surface area contributed by atoms with E-state index in [2.05, 4.69) is 20.1 Å². The summed E-state index contributed by atoms with van der Waals surface area (Å²) in [5, 5.41) is 4.44. The molecule has 130 valence electrons. The largest absolute Gasteiger partial charge is 0.451 e. The Labute approximate surface area is 145 Å². The van der Waals surface area contributed by atoms with Crippen molar-refractivity contribution in [1.82, 2.24) is 20.1 Å². The molecule has 1 aliphatic carbocycles. The van der Waals surface area contributed by atoms with E-state index in [0.717, 1.165) is 24.6 Å². The van der Waals surface area contributed by atoms with Crippen molar-refractivity contribution in [2.24, 2.45) is 0 Å². The standard InChI is InChI=1S/C16H13F3N4OS/c1-8(13-21-12(23-24-13)9-6-7-9)25-14-10-4-2-3-5-11(10)20-15(22-14)16(17,18)19/h2-5,8-9H,6-7H2,1H3/t8-/m1/s1. The summed E-state index contributed by atoms with van der Waals surface area (Å²) >= 11 is 1.15. The third-order valence-corrected chi connectivity index (χ3v) is 4.95. The second-order valence-corrected chi connectivity index (χ2v) is 7.22. The fraction of sp³-hybridized carbons (Fsp3) is 0.375. The van der Waals surface area contributed by atoms with Gasteiger partial charge in [0.25, 0.3) is 0 Å². The van der Waals surface area contributed by atoms with E-state index in [0.29, 0.717) is 23.0 Å². The Hall–Kier alpha value is -2.16. The first-order valence-corrected chi connectivity index (χ1v) is 8.64. The van der Waals surface area contributed by atoms with E-state index in [1.165, 1.54) is 0 Å². The first kappa shape index (κ1) is 16.3. The van der Waals surface area contributed by atoms with Crippen molar-refractivity contribution in [3.8, 4) is 0 Å². The van der Waals surface area contributed by atoms with Gasteiger partial charge in [0.1, 0.15) is 5.03 Å². The van der Waals surface area contributed by atoms with Crippen molar-refractivity contribution < 1.29 is 17.7 Å². The number of fused-ring (bicyclic) bond motifs is 1. The average molecular weight is 366 g/mol. The summed E-state index contributed by atoms with van der Waals surface area (Å²) in [4.78, 5) is 11.7. The van der Waals surface area contributed by atoms with Gasteiger partial charge in [-0.3, -0.25) is 0 Å². The molecular formula is C16H13F3N4OS. The van der Waals surface area contributed by atoms with Gasteiger partial charge in [0.2, 0.25) is 11.7 Å². The number of hydrogen-bond acceptors (Lipinski definition) is 6. The molecule has 4 rings (SSSR count). The number of aromatic nitrogens is 4. The lowest BCUT2D eigenvalue weighted by molar-refractivity contribution is -0.145. The molecule has 9 heteroatoms. The second kappa shape index (κ2) is 5.98. The van der Waals surface area contributed by atoms with Crippen LogP contribution >= 0.6 is 11.8 Å². The van der Waals surface area contributed by atoms with Crippen molar-refractivity contribution >= 4 is 22.7 Å². The fourth-order valence-electron chi connectivity index (χ4n) is 2.40. The van der Waals surface area contributed by atoms with Gasteiger partial charge in [0.05, 0.1) is 10.8 Å². The average Bonchev–Trinajstić information content (AvgIpc) is 3.30. The monoisotopic (exact) mass is 366 g/mol. The van der Waals surface area contributed by atoms with Crippen molar-refractivity contribution in [3.05, 3.63) is 41.8 Å². The highest BCUT2D eigenvalue weighted by molar-refractivity contribution is 7.99. The Kier molecular flexibility index (Phi) is 3.90. The molecule has 0 aliphatic heterocycles. The van der Waals surface area contributed by atoms with Crippen LogP contribution in [0.1, 0.15) is 48.5 Å². The van der Waals surface area contributed by atoms with Crippen molar-refractivity contribution in [1.29, 1.82) is 0 Å². The van der Waals surface area contributed by atoms with Gasteiger partial charge < -0.3 is 4.52 Å². The Morgan fingerprint density at radius 3 is 2.64 bits per heavy atom. The molecule has 1 fully saturated rings. The number of rotatable bonds is 4. The van der Waals surface area contributed by atoms with E-state index in [1.54, 1.807) is 31.2 Å². The zero-order chi connectivity index (χ0) is 17.6. The highest BCUT2D eigenvalue weighted by atomic mass is 32.2. The molecule has 2 heterocycles. The molecule has 1 saturated carbocycles. The molecule has 1 aliphatic rings. The van der Waals surface area contributed by atoms with E-state index in [9.17, 15) is 13.2 Å². The number of nitrogens with zero attached hydrogens (tertiary/aromatic N) is 4. The first-order valence-electron chi connectivity index (χ1n) is 7.76. The summed E-state index contributed by atoms with van der Waals surface area (Å²) in [5.41, 5.74) is 0.253. The predicted octanol–water partition coefficient (Wildman–Crippen LogP) is 4.76. The molecular weight excluding hydrogens is 353 g/mol. The molecule has 1 aromatic carbocycles. The Morgan fingerprint density at radius 2 is 1.92 bits per heavy atom. The molecule has 1 atom stereocenters. The summed E-state index contributed by atoms with van der Waals surface area (Å²) < 4.78 is 44.5. The quantitative estimate of drug-likeness (QED) is 0.490. The lowest BCUT2D eigenvalue weighted by Crippen LogP contribution is -2.12. The lowest BCUT2D eigenvalue weighted by Gasteiger charge is -2.12. The van der Waals surface area contributed by atoms with Crippen LogP contribution in [0, 0.1) is 0 Å². The van der Waals surface area contributed by atoms with Gasteiger partial charge in [-0.25, -0.2) is 9.97 Å². The molecule has 3 aromatic rings. The minimum absolute atomic E-state index is 0.247. The molecule has 0 radical (unpaired) electrons. The number of thioether (sulfide) groups is 1. The van der Waals surface area contributed by atoms with Crippen LogP contribution in [0.3, 0.4) is 0 Å². The van der Waals surface area contributed by atoms with Gasteiger partial charge in [0, 0.05) is 11.3 Å². The van der Waals surface area contributed by atoms with Crippen molar-refractivity contribution in [2.75, 3.05) is 0 Å². The highest BCUT2D eigenvalue weighted by Gasteiger charge is 2.36. The summed E-state index contributed by atoms with van der Waals surface area (Å²) in [5.74, 6) is 0.269. The van der Waals surface area contributed by atoms with E-state index >= 15 is 0 Å². The maximum atomic E-state index is 13.1. The highest BCUT2D eigenvalue weighted by Crippen LogP contribution is 2.41. The Morgan fingerprint density at radius 1 is 1.16 bits per heavy atom. The molecule has 0 unspecified atom stereocenters. The summed E-state index contributed by atoms with van der Waals surface area (Å²) in [6, 6.07) is 6.63. The maximum absolute atomic E-state index is 13.1. The van der Waals surface area contributed by atoms with Gasteiger partial charge in [-0.1, -0.05) is 35.1 Å². The van der Waals surface area contributed by atoms with Gasteiger partial charge in [-0.05, 0) is 25.8 Å². The molecule has 25 heavy (non-hydrogen) atoms. The number of halogens is 3. The van der Waals surface area contributed by atoms with Crippen LogP contribution < -0.4 is 0 Å². The Bertz CT molecular complexity index is 923. The summed E-state index contributed by atoms with van der Waals surface area (Å²) in [6.45, 7) is 1.80. The number of hydrogen-bond donors (Lipinski definition) is 0. The van der Waals surface area contributed by atoms with Crippen LogP contribution in [-0.2, 0) is 6.18 Å². The van der Waals surface area contributed by atoms with Crippen molar-refractivity contribution in [3.63, 3.8) is 0 Å². The normalized spacial score (nSPS) is 16.3. The zero-order valence-electron chi connectivity index (χ0n) is 13.1. The third kappa shape index (κ3) is 3.33. The fourth-order valence-corrected chi connectivity index (χ4v) is 3.37. The Balaban J connectivity index is 1.69. The maximum Gasteiger partial charge on any atom is 0.451 e. The molecule has 0 amide bonds. The summed E-state index contributed by atoms with van der Waals surface area (Å²) in [7, 11) is 0. The van der Waals surface area contributed by atoms with E-state index in [-0.39, 0.29) is 15.8 Å². The first-order chi connectivity index (χ1) is 11.9. The van der Waals surface area contributed by atoms with E-state index in [1.807, 2.05) is 0 Å². The van der Waals surface area contributed by atoms with Gasteiger partial charge in [-0.15, -0.1) is 0 Å². The molecule has 2 aromatic heterocycles. The SMILES string of the molecule is C[C@@H](Sc1nc(C(F)(F)F)nc2ccccc12)c1nc(C2CC2)no1. The number of para-hydroxylation sites is 1. The van der Waals surface area contributed by atoms with Crippen molar-refractivity contribution in [2.45, 2.75) is 42.1 Å². The second-order valence-electron chi connectivity index (χ2n) is 5.89.